The molecule has 0 radical (unpaired) electrons. The summed E-state index contributed by atoms with van der Waals surface area (Å²) in [5, 5.41) is 10.2. The van der Waals surface area contributed by atoms with Gasteiger partial charge in [0.25, 0.3) is 0 Å². The van der Waals surface area contributed by atoms with E-state index >= 15 is 0 Å². The van der Waals surface area contributed by atoms with E-state index in [2.05, 4.69) is 4.98 Å². The lowest BCUT2D eigenvalue weighted by Crippen LogP contribution is -2.08. The highest BCUT2D eigenvalue weighted by Crippen LogP contribution is 2.09. The molecular formula is C9H12N2O3. The average Bonchev–Trinajstić information content (AvgIpc) is 2.01. The lowest BCUT2D eigenvalue weighted by molar-refractivity contribution is -0.497. The fourth-order valence-corrected chi connectivity index (χ4v) is 0.985. The minimum absolute atomic E-state index is 0.0216. The van der Waals surface area contributed by atoms with Gasteiger partial charge in [0.1, 0.15) is 5.69 Å². The highest BCUT2D eigenvalue weighted by atomic mass is 16.6. The van der Waals surface area contributed by atoms with Crippen LogP contribution in [-0.2, 0) is 6.54 Å². The third-order valence-electron chi connectivity index (χ3n) is 1.43. The van der Waals surface area contributed by atoms with Crippen LogP contribution in [0.5, 0.6) is 5.88 Å². The van der Waals surface area contributed by atoms with Crippen molar-refractivity contribution in [3.63, 3.8) is 0 Å². The Morgan fingerprint density at radius 3 is 2.86 bits per heavy atom. The van der Waals surface area contributed by atoms with Gasteiger partial charge in [-0.05, 0) is 19.9 Å². The zero-order chi connectivity index (χ0) is 10.6. The number of rotatable bonds is 4. The first-order valence-electron chi connectivity index (χ1n) is 4.32. The molecule has 14 heavy (non-hydrogen) atoms. The second-order valence-corrected chi connectivity index (χ2v) is 3.12. The highest BCUT2D eigenvalue weighted by Gasteiger charge is 2.05. The van der Waals surface area contributed by atoms with Crippen LogP contribution in [0.1, 0.15) is 19.5 Å². The lowest BCUT2D eigenvalue weighted by Gasteiger charge is -2.08. The van der Waals surface area contributed by atoms with Gasteiger partial charge in [-0.2, -0.15) is 0 Å². The molecule has 0 saturated heterocycles. The first-order chi connectivity index (χ1) is 6.58. The van der Waals surface area contributed by atoms with E-state index in [0.29, 0.717) is 11.6 Å². The maximum atomic E-state index is 10.2. The summed E-state index contributed by atoms with van der Waals surface area (Å²) in [6, 6.07) is 4.99. The van der Waals surface area contributed by atoms with E-state index in [9.17, 15) is 10.1 Å². The van der Waals surface area contributed by atoms with Crippen LogP contribution in [0.2, 0.25) is 0 Å². The Kier molecular flexibility index (Phi) is 3.39. The standard InChI is InChI=1S/C9H12N2O3/c1-7(2)14-9-5-3-4-8(10-9)6-11(12)13/h3-5,7H,6H2,1-2H3. The molecule has 0 saturated carbocycles. The molecule has 1 heterocycles. The zero-order valence-electron chi connectivity index (χ0n) is 8.14. The monoisotopic (exact) mass is 196 g/mol. The second kappa shape index (κ2) is 4.55. The molecule has 0 spiro atoms. The van der Waals surface area contributed by atoms with E-state index in [1.54, 1.807) is 18.2 Å². The van der Waals surface area contributed by atoms with E-state index in [1.807, 2.05) is 13.8 Å². The number of hydrogen-bond donors (Lipinski definition) is 0. The van der Waals surface area contributed by atoms with Gasteiger partial charge >= 0.3 is 0 Å². The molecule has 0 aliphatic rings. The van der Waals surface area contributed by atoms with Crippen molar-refractivity contribution in [1.82, 2.24) is 4.98 Å². The number of ether oxygens (including phenoxy) is 1. The number of nitrogens with zero attached hydrogens (tertiary/aromatic N) is 2. The van der Waals surface area contributed by atoms with Crippen molar-refractivity contribution in [2.45, 2.75) is 26.5 Å². The van der Waals surface area contributed by atoms with Crippen molar-refractivity contribution >= 4 is 0 Å². The normalized spacial score (nSPS) is 10.2. The Morgan fingerprint density at radius 2 is 2.29 bits per heavy atom. The maximum absolute atomic E-state index is 10.2. The molecule has 1 rings (SSSR count). The van der Waals surface area contributed by atoms with Gasteiger partial charge < -0.3 is 4.74 Å². The molecule has 0 amide bonds. The van der Waals surface area contributed by atoms with Gasteiger partial charge in [0.05, 0.1) is 6.10 Å². The Balaban J connectivity index is 2.73. The fourth-order valence-electron chi connectivity index (χ4n) is 0.985. The summed E-state index contributed by atoms with van der Waals surface area (Å²) < 4.78 is 5.30. The van der Waals surface area contributed by atoms with Gasteiger partial charge in [-0.25, -0.2) is 4.98 Å². The van der Waals surface area contributed by atoms with Crippen molar-refractivity contribution in [2.75, 3.05) is 0 Å². The lowest BCUT2D eigenvalue weighted by atomic mass is 10.3. The van der Waals surface area contributed by atoms with Crippen molar-refractivity contribution < 1.29 is 9.66 Å². The van der Waals surface area contributed by atoms with Gasteiger partial charge in [0.15, 0.2) is 0 Å². The minimum Gasteiger partial charge on any atom is -0.475 e. The van der Waals surface area contributed by atoms with Crippen molar-refractivity contribution in [2.24, 2.45) is 0 Å². The molecule has 0 aromatic carbocycles. The second-order valence-electron chi connectivity index (χ2n) is 3.12. The van der Waals surface area contributed by atoms with E-state index in [-0.39, 0.29) is 12.6 Å². The van der Waals surface area contributed by atoms with E-state index < -0.39 is 4.92 Å². The van der Waals surface area contributed by atoms with Gasteiger partial charge in [-0.15, -0.1) is 0 Å². The summed E-state index contributed by atoms with van der Waals surface area (Å²) in [6.45, 7) is 3.49. The first kappa shape index (κ1) is 10.4. The highest BCUT2D eigenvalue weighted by molar-refractivity contribution is 5.15. The zero-order valence-corrected chi connectivity index (χ0v) is 8.14. The third kappa shape index (κ3) is 3.38. The molecule has 76 valence electrons. The summed E-state index contributed by atoms with van der Waals surface area (Å²) >= 11 is 0. The van der Waals surface area contributed by atoms with Gasteiger partial charge in [0.2, 0.25) is 12.4 Å². The largest absolute Gasteiger partial charge is 0.475 e. The molecule has 0 N–H and O–H groups in total. The molecule has 0 bridgehead atoms. The molecular weight excluding hydrogens is 184 g/mol. The summed E-state index contributed by atoms with van der Waals surface area (Å²) in [7, 11) is 0. The summed E-state index contributed by atoms with van der Waals surface area (Å²) in [6.07, 6.45) is 0.0216. The van der Waals surface area contributed by atoms with E-state index in [1.165, 1.54) is 0 Å². The Hall–Kier alpha value is -1.65. The van der Waals surface area contributed by atoms with Crippen LogP contribution in [-0.4, -0.2) is 16.0 Å². The van der Waals surface area contributed by atoms with Crippen LogP contribution < -0.4 is 4.74 Å². The third-order valence-corrected chi connectivity index (χ3v) is 1.43. The Morgan fingerprint density at radius 1 is 1.57 bits per heavy atom. The predicted molar refractivity (Wildman–Crippen MR) is 50.7 cm³/mol. The maximum Gasteiger partial charge on any atom is 0.245 e. The molecule has 0 fully saturated rings. The van der Waals surface area contributed by atoms with Crippen LogP contribution in [0.4, 0.5) is 0 Å². The number of aromatic nitrogens is 1. The van der Waals surface area contributed by atoms with Crippen molar-refractivity contribution in [3.05, 3.63) is 34.0 Å². The number of hydrogen-bond acceptors (Lipinski definition) is 4. The van der Waals surface area contributed by atoms with E-state index in [0.717, 1.165) is 0 Å². The van der Waals surface area contributed by atoms with Crippen LogP contribution in [0.15, 0.2) is 18.2 Å². The molecule has 0 atom stereocenters. The molecule has 5 nitrogen and oxygen atoms in total. The quantitative estimate of drug-likeness (QED) is 0.542. The first-order valence-corrected chi connectivity index (χ1v) is 4.32. The summed E-state index contributed by atoms with van der Waals surface area (Å²) in [5.41, 5.74) is 0.410. The smallest absolute Gasteiger partial charge is 0.245 e. The van der Waals surface area contributed by atoms with Crippen LogP contribution in [0.3, 0.4) is 0 Å². The molecule has 1 aromatic heterocycles. The fraction of sp³-hybridized carbons (Fsp3) is 0.444. The summed E-state index contributed by atoms with van der Waals surface area (Å²) in [4.78, 5) is 13.8. The molecule has 0 aliphatic carbocycles. The SMILES string of the molecule is CC(C)Oc1cccc(C[N+](=O)[O-])n1. The molecule has 0 unspecified atom stereocenters. The van der Waals surface area contributed by atoms with E-state index in [4.69, 9.17) is 4.74 Å². The van der Waals surface area contributed by atoms with Gasteiger partial charge in [0, 0.05) is 11.0 Å². The van der Waals surface area contributed by atoms with Gasteiger partial charge in [-0.1, -0.05) is 6.07 Å². The van der Waals surface area contributed by atoms with Crippen molar-refractivity contribution in [1.29, 1.82) is 0 Å². The minimum atomic E-state index is -0.415. The Labute approximate surface area is 81.9 Å². The predicted octanol–water partition coefficient (Wildman–Crippen LogP) is 1.65. The van der Waals surface area contributed by atoms with Gasteiger partial charge in [-0.3, -0.25) is 10.1 Å². The molecule has 1 aromatic rings. The number of pyridine rings is 1. The topological polar surface area (TPSA) is 65.3 Å². The van der Waals surface area contributed by atoms with Crippen LogP contribution in [0.25, 0.3) is 0 Å². The number of nitro groups is 1. The van der Waals surface area contributed by atoms with Crippen LogP contribution >= 0.6 is 0 Å². The van der Waals surface area contributed by atoms with Crippen LogP contribution in [0, 0.1) is 10.1 Å². The van der Waals surface area contributed by atoms with Crippen molar-refractivity contribution in [3.8, 4) is 5.88 Å². The average molecular weight is 196 g/mol. The molecule has 0 aliphatic heterocycles. The Bertz CT molecular complexity index is 326. The summed E-state index contributed by atoms with van der Waals surface area (Å²) in [5.74, 6) is 0.430. The molecule has 5 heteroatoms.